The molecule has 15 heteroatoms. The van der Waals surface area contributed by atoms with Crippen molar-refractivity contribution in [1.82, 2.24) is 20.1 Å². The molecule has 2 fully saturated rings. The van der Waals surface area contributed by atoms with Gasteiger partial charge < -0.3 is 24.4 Å². The molecule has 0 radical (unpaired) electrons. The van der Waals surface area contributed by atoms with Gasteiger partial charge in [-0.05, 0) is 89.6 Å². The Morgan fingerprint density at radius 2 is 1.62 bits per heavy atom. The molecule has 5 rings (SSSR count). The lowest BCUT2D eigenvalue weighted by Gasteiger charge is -2.41. The fraction of sp³-hybridized carbons (Fsp3) is 0.459. The van der Waals surface area contributed by atoms with Crippen LogP contribution >= 0.6 is 0 Å². The van der Waals surface area contributed by atoms with Crippen LogP contribution in [0.1, 0.15) is 97.0 Å². The number of rotatable bonds is 10. The van der Waals surface area contributed by atoms with E-state index in [2.05, 4.69) is 15.0 Å². The Morgan fingerprint density at radius 1 is 0.962 bits per heavy atom. The van der Waals surface area contributed by atoms with Crippen molar-refractivity contribution in [3.63, 3.8) is 0 Å². The van der Waals surface area contributed by atoms with E-state index in [0.717, 1.165) is 24.5 Å². The normalized spacial score (nSPS) is 17.1. The fourth-order valence-corrected chi connectivity index (χ4v) is 5.89. The van der Waals surface area contributed by atoms with E-state index in [0.29, 0.717) is 37.8 Å². The third kappa shape index (κ3) is 8.63. The van der Waals surface area contributed by atoms with Crippen LogP contribution < -0.4 is 14.8 Å². The van der Waals surface area contributed by atoms with Crippen molar-refractivity contribution >= 4 is 18.0 Å². The van der Waals surface area contributed by atoms with Gasteiger partial charge in [-0.3, -0.25) is 14.7 Å². The highest BCUT2D eigenvalue weighted by Crippen LogP contribution is 2.40. The highest BCUT2D eigenvalue weighted by molar-refractivity contribution is 6.01. The number of carbonyl (C=O) groups excluding carboxylic acids is 3. The monoisotopic (exact) mass is 732 g/mol. The molecule has 0 bridgehead atoms. The summed E-state index contributed by atoms with van der Waals surface area (Å²) < 4.78 is 86.7. The van der Waals surface area contributed by atoms with Gasteiger partial charge in [0.1, 0.15) is 11.4 Å². The molecule has 1 aliphatic carbocycles. The molecule has 10 nitrogen and oxygen atoms in total. The zero-order valence-corrected chi connectivity index (χ0v) is 29.7. The van der Waals surface area contributed by atoms with E-state index in [1.54, 1.807) is 38.8 Å². The quantitative estimate of drug-likeness (QED) is 0.0781. The van der Waals surface area contributed by atoms with Gasteiger partial charge >= 0.3 is 12.1 Å². The number of hydrogen-bond acceptors (Lipinski definition) is 8. The SMILES string of the molecule is CCNC(=O)c1cc(C(=O)Oc2c(F)c(F)c(F)c(F)c2F)c(C)cc1O[C@H](CN1CCN(C(=O)OC(C)(C)C)[C@H](C)C1)c1ccc(C2CC2)cn1. The summed E-state index contributed by atoms with van der Waals surface area (Å²) in [7, 11) is 0. The van der Waals surface area contributed by atoms with Crippen LogP contribution in [0.25, 0.3) is 0 Å². The molecular weight excluding hydrogens is 691 g/mol. The minimum Gasteiger partial charge on any atom is -0.482 e. The number of nitrogens with one attached hydrogen (secondary N) is 1. The Kier molecular flexibility index (Phi) is 11.4. The van der Waals surface area contributed by atoms with E-state index in [4.69, 9.17) is 14.5 Å². The van der Waals surface area contributed by atoms with Crippen molar-refractivity contribution in [2.24, 2.45) is 0 Å². The predicted octanol–water partition coefficient (Wildman–Crippen LogP) is 6.99. The van der Waals surface area contributed by atoms with Crippen LogP contribution in [0.4, 0.5) is 26.7 Å². The molecular formula is C37H41F5N4O6. The van der Waals surface area contributed by atoms with E-state index in [1.807, 2.05) is 19.1 Å². The molecule has 280 valence electrons. The van der Waals surface area contributed by atoms with Gasteiger partial charge in [-0.25, -0.2) is 22.8 Å². The molecule has 2 amide bonds. The highest BCUT2D eigenvalue weighted by atomic mass is 19.2. The van der Waals surface area contributed by atoms with E-state index in [1.165, 1.54) is 13.0 Å². The van der Waals surface area contributed by atoms with Crippen molar-refractivity contribution in [2.45, 2.75) is 78.0 Å². The van der Waals surface area contributed by atoms with Crippen LogP contribution in [0, 0.1) is 36.0 Å². The first-order chi connectivity index (χ1) is 24.5. The lowest BCUT2D eigenvalue weighted by molar-refractivity contribution is -0.00317. The number of esters is 1. The number of amides is 2. The van der Waals surface area contributed by atoms with E-state index < -0.39 is 64.5 Å². The van der Waals surface area contributed by atoms with Crippen molar-refractivity contribution in [3.05, 3.63) is 87.5 Å². The predicted molar refractivity (Wildman–Crippen MR) is 179 cm³/mol. The van der Waals surface area contributed by atoms with Gasteiger partial charge in [-0.2, -0.15) is 8.78 Å². The fourth-order valence-electron chi connectivity index (χ4n) is 5.89. The minimum absolute atomic E-state index is 0.0368. The van der Waals surface area contributed by atoms with E-state index >= 15 is 0 Å². The number of pyridine rings is 1. The Morgan fingerprint density at radius 3 is 2.17 bits per heavy atom. The summed E-state index contributed by atoms with van der Waals surface area (Å²) in [5.74, 6) is -15.0. The van der Waals surface area contributed by atoms with Crippen LogP contribution in [0.15, 0.2) is 30.5 Å². The van der Waals surface area contributed by atoms with E-state index in [9.17, 15) is 36.3 Å². The zero-order chi connectivity index (χ0) is 38.1. The molecule has 0 spiro atoms. The van der Waals surface area contributed by atoms with Crippen molar-refractivity contribution in [2.75, 3.05) is 32.7 Å². The van der Waals surface area contributed by atoms with Gasteiger partial charge in [-0.1, -0.05) is 6.07 Å². The number of halogens is 5. The standard InChI is InChI=1S/C37H41F5N4O6/c1-7-43-34(47)24-15-23(35(48)51-33-31(41)29(39)28(38)30(40)32(33)42)19(2)14-26(24)50-27(25-11-10-22(16-44-25)21-8-9-21)18-45-12-13-46(20(3)17-45)36(49)52-37(4,5)6/h10-11,14-16,20-21,27H,7-9,12-13,17-18H2,1-6H3,(H,43,47)/t20-,27-/m1/s1. The molecule has 1 N–H and O–H groups in total. The number of aryl methyl sites for hydroxylation is 1. The Hall–Kier alpha value is -4.79. The van der Waals surface area contributed by atoms with Crippen LogP contribution in [0.5, 0.6) is 11.5 Å². The second-order valence-electron chi connectivity index (χ2n) is 14.0. The molecule has 1 aromatic heterocycles. The Labute approximate surface area is 298 Å². The van der Waals surface area contributed by atoms with Crippen LogP contribution in [0.3, 0.4) is 0 Å². The Bertz CT molecular complexity index is 1820. The summed E-state index contributed by atoms with van der Waals surface area (Å²) in [6.45, 7) is 12.2. The first-order valence-electron chi connectivity index (χ1n) is 17.0. The summed E-state index contributed by atoms with van der Waals surface area (Å²) in [5, 5.41) is 2.63. The van der Waals surface area contributed by atoms with Gasteiger partial charge in [0, 0.05) is 45.0 Å². The van der Waals surface area contributed by atoms with Crippen LogP contribution in [-0.4, -0.2) is 77.1 Å². The van der Waals surface area contributed by atoms with Crippen molar-refractivity contribution in [3.8, 4) is 11.5 Å². The largest absolute Gasteiger partial charge is 0.482 e. The average molecular weight is 733 g/mol. The number of aromatic nitrogens is 1. The zero-order valence-electron chi connectivity index (χ0n) is 29.7. The molecule has 2 heterocycles. The summed E-state index contributed by atoms with van der Waals surface area (Å²) in [6, 6.07) is 6.06. The molecule has 52 heavy (non-hydrogen) atoms. The summed E-state index contributed by atoms with van der Waals surface area (Å²) in [6.07, 6.45) is 2.78. The molecule has 0 unspecified atom stereocenters. The minimum atomic E-state index is -2.41. The van der Waals surface area contributed by atoms with Crippen LogP contribution in [-0.2, 0) is 4.74 Å². The van der Waals surface area contributed by atoms with Crippen molar-refractivity contribution in [1.29, 1.82) is 0 Å². The average Bonchev–Trinajstić information content (AvgIpc) is 3.93. The van der Waals surface area contributed by atoms with E-state index in [-0.39, 0.29) is 35.0 Å². The number of ether oxygens (including phenoxy) is 3. The van der Waals surface area contributed by atoms with Crippen LogP contribution in [0.2, 0.25) is 0 Å². The number of piperazine rings is 1. The highest BCUT2D eigenvalue weighted by Gasteiger charge is 2.34. The number of nitrogens with zero attached hydrogens (tertiary/aromatic N) is 3. The second-order valence-corrected chi connectivity index (χ2v) is 14.0. The molecule has 1 aliphatic heterocycles. The second kappa shape index (κ2) is 15.4. The summed E-state index contributed by atoms with van der Waals surface area (Å²) in [4.78, 5) is 47.8. The summed E-state index contributed by atoms with van der Waals surface area (Å²) >= 11 is 0. The van der Waals surface area contributed by atoms with Gasteiger partial charge in [0.25, 0.3) is 5.91 Å². The molecule has 2 atom stereocenters. The topological polar surface area (TPSA) is 110 Å². The third-order valence-electron chi connectivity index (χ3n) is 8.71. The maximum absolute atomic E-state index is 14.4. The number of carbonyl (C=O) groups is 3. The third-order valence-corrected chi connectivity index (χ3v) is 8.71. The lowest BCUT2D eigenvalue weighted by Crippen LogP contribution is -2.55. The summed E-state index contributed by atoms with van der Waals surface area (Å²) in [5.41, 5.74) is 0.582. The molecule has 2 aliphatic rings. The van der Waals surface area contributed by atoms with Gasteiger partial charge in [-0.15, -0.1) is 0 Å². The Balaban J connectivity index is 1.45. The number of benzene rings is 2. The van der Waals surface area contributed by atoms with Crippen molar-refractivity contribution < 1.29 is 50.5 Å². The molecule has 2 aromatic carbocycles. The van der Waals surface area contributed by atoms with Gasteiger partial charge in [0.15, 0.2) is 6.10 Å². The first kappa shape index (κ1) is 38.4. The maximum Gasteiger partial charge on any atom is 0.410 e. The maximum atomic E-state index is 14.4. The number of hydrogen-bond donors (Lipinski definition) is 1. The lowest BCUT2D eigenvalue weighted by atomic mass is 10.0. The molecule has 1 saturated carbocycles. The van der Waals surface area contributed by atoms with Gasteiger partial charge in [0.2, 0.25) is 34.8 Å². The first-order valence-corrected chi connectivity index (χ1v) is 17.0. The molecule has 3 aromatic rings. The smallest absolute Gasteiger partial charge is 0.410 e. The molecule has 1 saturated heterocycles. The van der Waals surface area contributed by atoms with Gasteiger partial charge in [0.05, 0.1) is 16.8 Å².